The van der Waals surface area contributed by atoms with Crippen molar-refractivity contribution in [3.05, 3.63) is 17.0 Å². The first-order valence-corrected chi connectivity index (χ1v) is 8.60. The van der Waals surface area contributed by atoms with E-state index in [1.165, 1.54) is 17.4 Å². The van der Waals surface area contributed by atoms with Crippen molar-refractivity contribution in [3.8, 4) is 0 Å². The number of thiophene rings is 1. The molecule has 0 saturated heterocycles. The summed E-state index contributed by atoms with van der Waals surface area (Å²) in [7, 11) is -3.80. The molecule has 0 aliphatic rings. The Labute approximate surface area is 124 Å². The lowest BCUT2D eigenvalue weighted by molar-refractivity contribution is -0.140. The number of hydrogen-bond donors (Lipinski definition) is 2. The molecule has 1 heterocycles. The number of rotatable bonds is 5. The standard InChI is InChI=1S/C13H21NO4S2/c1-8(2)11(12(15)16)14-20(17,18)10-7-6-9(19-10)13(3,4)5/h6-8,11,14H,1-5H3,(H,15,16)/t11-/m0/s1. The van der Waals surface area contributed by atoms with Crippen LogP contribution in [0.1, 0.15) is 39.5 Å². The molecule has 0 radical (unpaired) electrons. The Morgan fingerprint density at radius 3 is 2.20 bits per heavy atom. The van der Waals surface area contributed by atoms with Gasteiger partial charge in [0.25, 0.3) is 10.0 Å². The predicted molar refractivity (Wildman–Crippen MR) is 79.6 cm³/mol. The number of nitrogens with one attached hydrogen (secondary N) is 1. The van der Waals surface area contributed by atoms with Gasteiger partial charge in [-0.1, -0.05) is 34.6 Å². The molecule has 0 amide bonds. The van der Waals surface area contributed by atoms with Crippen molar-refractivity contribution < 1.29 is 18.3 Å². The van der Waals surface area contributed by atoms with Crippen molar-refractivity contribution >= 4 is 27.3 Å². The Morgan fingerprint density at radius 1 is 1.30 bits per heavy atom. The van der Waals surface area contributed by atoms with Crippen molar-refractivity contribution in [1.82, 2.24) is 4.72 Å². The number of carboxylic acids is 1. The first kappa shape index (κ1) is 17.1. The lowest BCUT2D eigenvalue weighted by atomic mass is 9.95. The highest BCUT2D eigenvalue weighted by atomic mass is 32.2. The lowest BCUT2D eigenvalue weighted by Crippen LogP contribution is -2.43. The lowest BCUT2D eigenvalue weighted by Gasteiger charge is -2.17. The Bertz CT molecular complexity index is 582. The van der Waals surface area contributed by atoms with Crippen LogP contribution in [0.5, 0.6) is 0 Å². The minimum Gasteiger partial charge on any atom is -0.480 e. The van der Waals surface area contributed by atoms with Gasteiger partial charge in [-0.15, -0.1) is 11.3 Å². The average molecular weight is 319 g/mol. The molecule has 0 aliphatic carbocycles. The molecule has 0 fully saturated rings. The van der Waals surface area contributed by atoms with Gasteiger partial charge < -0.3 is 5.11 Å². The van der Waals surface area contributed by atoms with Crippen molar-refractivity contribution in [2.45, 2.75) is 50.3 Å². The maximum absolute atomic E-state index is 12.2. The maximum atomic E-state index is 12.2. The largest absolute Gasteiger partial charge is 0.480 e. The average Bonchev–Trinajstić information content (AvgIpc) is 2.74. The van der Waals surface area contributed by atoms with Gasteiger partial charge in [-0.25, -0.2) is 8.42 Å². The molecule has 0 spiro atoms. The van der Waals surface area contributed by atoms with Crippen LogP contribution >= 0.6 is 11.3 Å². The molecule has 0 saturated carbocycles. The van der Waals surface area contributed by atoms with E-state index in [1.807, 2.05) is 20.8 Å². The normalized spacial score (nSPS) is 14.5. The smallest absolute Gasteiger partial charge is 0.322 e. The summed E-state index contributed by atoms with van der Waals surface area (Å²) in [6.07, 6.45) is 0. The van der Waals surface area contributed by atoms with Gasteiger partial charge in [0.15, 0.2) is 0 Å². The van der Waals surface area contributed by atoms with E-state index in [2.05, 4.69) is 4.72 Å². The highest BCUT2D eigenvalue weighted by Gasteiger charge is 2.29. The minimum absolute atomic E-state index is 0.136. The van der Waals surface area contributed by atoms with Crippen molar-refractivity contribution in [2.75, 3.05) is 0 Å². The number of carboxylic acid groups (broad SMARTS) is 1. The van der Waals surface area contributed by atoms with Gasteiger partial charge in [-0.2, -0.15) is 4.72 Å². The third-order valence-electron chi connectivity index (χ3n) is 2.80. The van der Waals surface area contributed by atoms with Gasteiger partial charge in [0.1, 0.15) is 10.3 Å². The van der Waals surface area contributed by atoms with Gasteiger partial charge >= 0.3 is 5.97 Å². The second kappa shape index (κ2) is 5.83. The van der Waals surface area contributed by atoms with Crippen LogP contribution in [-0.2, 0) is 20.2 Å². The van der Waals surface area contributed by atoms with Crippen LogP contribution in [0.2, 0.25) is 0 Å². The zero-order valence-corrected chi connectivity index (χ0v) is 13.9. The third-order valence-corrected chi connectivity index (χ3v) is 6.24. The molecule has 1 rings (SSSR count). The highest BCUT2D eigenvalue weighted by Crippen LogP contribution is 2.31. The Morgan fingerprint density at radius 2 is 1.85 bits per heavy atom. The number of aliphatic carboxylic acids is 1. The molecule has 0 aromatic carbocycles. The second-order valence-electron chi connectivity index (χ2n) is 6.05. The van der Waals surface area contributed by atoms with E-state index in [-0.39, 0.29) is 15.5 Å². The minimum atomic E-state index is -3.80. The van der Waals surface area contributed by atoms with Crippen molar-refractivity contribution in [1.29, 1.82) is 0 Å². The highest BCUT2D eigenvalue weighted by molar-refractivity contribution is 7.91. The Hall–Kier alpha value is -0.920. The van der Waals surface area contributed by atoms with Crippen molar-refractivity contribution in [3.63, 3.8) is 0 Å². The summed E-state index contributed by atoms with van der Waals surface area (Å²) < 4.78 is 26.9. The summed E-state index contributed by atoms with van der Waals surface area (Å²) in [6, 6.07) is 2.16. The summed E-state index contributed by atoms with van der Waals surface area (Å²) in [5.74, 6) is -1.50. The van der Waals surface area contributed by atoms with E-state index in [4.69, 9.17) is 5.11 Å². The first-order valence-electron chi connectivity index (χ1n) is 6.30. The molecule has 0 bridgehead atoms. The second-order valence-corrected chi connectivity index (χ2v) is 9.07. The van der Waals surface area contributed by atoms with Gasteiger partial charge in [0, 0.05) is 4.88 Å². The molecular weight excluding hydrogens is 298 g/mol. The van der Waals surface area contributed by atoms with Gasteiger partial charge in [0.05, 0.1) is 0 Å². The summed E-state index contributed by atoms with van der Waals surface area (Å²) in [4.78, 5) is 12.0. The van der Waals surface area contributed by atoms with E-state index >= 15 is 0 Å². The zero-order chi connectivity index (χ0) is 15.7. The van der Waals surface area contributed by atoms with Crippen LogP contribution < -0.4 is 4.72 Å². The summed E-state index contributed by atoms with van der Waals surface area (Å²) in [6.45, 7) is 9.32. The molecule has 1 aromatic rings. The van der Waals surface area contributed by atoms with Crippen LogP contribution in [0.3, 0.4) is 0 Å². The molecule has 5 nitrogen and oxygen atoms in total. The Balaban J connectivity index is 3.05. The van der Waals surface area contributed by atoms with Crippen molar-refractivity contribution in [2.24, 2.45) is 5.92 Å². The summed E-state index contributed by atoms with van der Waals surface area (Å²) in [5.41, 5.74) is -0.136. The predicted octanol–water partition coefficient (Wildman–Crippen LogP) is 2.43. The fourth-order valence-electron chi connectivity index (χ4n) is 1.56. The molecule has 0 unspecified atom stereocenters. The summed E-state index contributed by atoms with van der Waals surface area (Å²) >= 11 is 1.17. The van der Waals surface area contributed by atoms with E-state index < -0.39 is 22.0 Å². The van der Waals surface area contributed by atoms with Crippen LogP contribution in [0.15, 0.2) is 16.3 Å². The van der Waals surface area contributed by atoms with Gasteiger partial charge in [-0.05, 0) is 23.5 Å². The van der Waals surface area contributed by atoms with E-state index in [0.29, 0.717) is 0 Å². The SMILES string of the molecule is CC(C)[C@H](NS(=O)(=O)c1ccc(C(C)(C)C)s1)C(=O)O. The van der Waals surface area contributed by atoms with Crippen LogP contribution in [0, 0.1) is 5.92 Å². The monoisotopic (exact) mass is 319 g/mol. The van der Waals surface area contributed by atoms with Gasteiger partial charge in [-0.3, -0.25) is 4.79 Å². The molecule has 1 aromatic heterocycles. The molecular formula is C13H21NO4S2. The fraction of sp³-hybridized carbons (Fsp3) is 0.615. The maximum Gasteiger partial charge on any atom is 0.322 e. The fourth-order valence-corrected chi connectivity index (χ4v) is 4.28. The van der Waals surface area contributed by atoms with E-state index in [1.54, 1.807) is 19.9 Å². The van der Waals surface area contributed by atoms with Crippen LogP contribution in [-0.4, -0.2) is 25.5 Å². The third kappa shape index (κ3) is 4.04. The number of hydrogen-bond acceptors (Lipinski definition) is 4. The molecule has 114 valence electrons. The molecule has 1 atom stereocenters. The Kier molecular flexibility index (Phi) is 4.99. The summed E-state index contributed by atoms with van der Waals surface area (Å²) in [5, 5.41) is 9.06. The molecule has 20 heavy (non-hydrogen) atoms. The van der Waals surface area contributed by atoms with E-state index in [0.717, 1.165) is 4.88 Å². The number of carbonyl (C=O) groups is 1. The quantitative estimate of drug-likeness (QED) is 0.873. The number of sulfonamides is 1. The van der Waals surface area contributed by atoms with E-state index in [9.17, 15) is 13.2 Å². The molecule has 7 heteroatoms. The zero-order valence-electron chi connectivity index (χ0n) is 12.3. The van der Waals surface area contributed by atoms with Crippen LogP contribution in [0.25, 0.3) is 0 Å². The topological polar surface area (TPSA) is 83.5 Å². The van der Waals surface area contributed by atoms with Crippen LogP contribution in [0.4, 0.5) is 0 Å². The molecule has 2 N–H and O–H groups in total. The van der Waals surface area contributed by atoms with Gasteiger partial charge in [0.2, 0.25) is 0 Å². The molecule has 0 aliphatic heterocycles. The first-order chi connectivity index (χ1) is 8.95.